The van der Waals surface area contributed by atoms with Gasteiger partial charge in [0.05, 0.1) is 23.4 Å². The number of hydrogen-bond donors (Lipinski definition) is 2. The maximum Gasteiger partial charge on any atom is 0.263 e. The van der Waals surface area contributed by atoms with Crippen LogP contribution in [0.4, 0.5) is 0 Å². The van der Waals surface area contributed by atoms with Gasteiger partial charge in [-0.05, 0) is 17.5 Å². The number of aromatic nitrogens is 4. The fourth-order valence-corrected chi connectivity index (χ4v) is 5.22. The minimum Gasteiger partial charge on any atom is -0.387 e. The van der Waals surface area contributed by atoms with Crippen molar-refractivity contribution in [3.63, 3.8) is 0 Å². The average molecular weight is 454 g/mol. The second kappa shape index (κ2) is 7.69. The molecule has 0 unspecified atom stereocenters. The largest absolute Gasteiger partial charge is 0.387 e. The predicted octanol–water partition coefficient (Wildman–Crippen LogP) is 2.48. The monoisotopic (exact) mass is 453 g/mol. The molecule has 1 amide bonds. The van der Waals surface area contributed by atoms with Crippen molar-refractivity contribution >= 4 is 48.9 Å². The van der Waals surface area contributed by atoms with Gasteiger partial charge >= 0.3 is 0 Å². The van der Waals surface area contributed by atoms with Crippen LogP contribution in [0.15, 0.2) is 51.4 Å². The van der Waals surface area contributed by atoms with Crippen LogP contribution in [0.5, 0.6) is 0 Å². The Morgan fingerprint density at radius 2 is 2.16 bits per heavy atom. The van der Waals surface area contributed by atoms with Gasteiger partial charge in [-0.2, -0.15) is 4.98 Å². The van der Waals surface area contributed by atoms with E-state index in [1.165, 1.54) is 38.9 Å². The molecule has 0 saturated carbocycles. The number of nitrogens with two attached hydrogens (primary N) is 1. The van der Waals surface area contributed by atoms with Crippen LogP contribution in [-0.2, 0) is 13.0 Å². The molecule has 0 spiro atoms. The summed E-state index contributed by atoms with van der Waals surface area (Å²) in [4.78, 5) is 34.1. The number of aliphatic hydroxyl groups is 1. The maximum atomic E-state index is 12.8. The highest BCUT2D eigenvalue weighted by Crippen LogP contribution is 2.31. The van der Waals surface area contributed by atoms with Crippen LogP contribution in [0.2, 0.25) is 0 Å². The first kappa shape index (κ1) is 19.5. The lowest BCUT2D eigenvalue weighted by Gasteiger charge is -2.04. The molecule has 0 saturated heterocycles. The van der Waals surface area contributed by atoms with Gasteiger partial charge in [0.25, 0.3) is 5.56 Å². The number of amides is 1. The molecular weight excluding hydrogens is 438 g/mol. The van der Waals surface area contributed by atoms with Crippen LogP contribution in [0.3, 0.4) is 0 Å². The molecule has 31 heavy (non-hydrogen) atoms. The van der Waals surface area contributed by atoms with E-state index < -0.39 is 17.6 Å². The van der Waals surface area contributed by atoms with Crippen LogP contribution in [0, 0.1) is 0 Å². The van der Waals surface area contributed by atoms with E-state index in [-0.39, 0.29) is 29.8 Å². The maximum absolute atomic E-state index is 12.8. The van der Waals surface area contributed by atoms with Crippen molar-refractivity contribution in [3.8, 4) is 0 Å². The Hall–Kier alpha value is -3.41. The van der Waals surface area contributed by atoms with E-state index in [0.717, 1.165) is 15.0 Å². The van der Waals surface area contributed by atoms with Gasteiger partial charge in [-0.15, -0.1) is 22.7 Å². The van der Waals surface area contributed by atoms with E-state index in [1.807, 2.05) is 30.3 Å². The normalized spacial score (nSPS) is 12.5. The zero-order chi connectivity index (χ0) is 21.5. The van der Waals surface area contributed by atoms with Crippen LogP contribution >= 0.6 is 22.7 Å². The van der Waals surface area contributed by atoms with E-state index in [2.05, 4.69) is 15.1 Å². The molecule has 11 heteroatoms. The summed E-state index contributed by atoms with van der Waals surface area (Å²) in [7, 11) is 0. The molecule has 3 N–H and O–H groups in total. The number of rotatable bonds is 6. The van der Waals surface area contributed by atoms with Gasteiger partial charge in [0.2, 0.25) is 11.8 Å². The molecule has 0 fully saturated rings. The Kier molecular flexibility index (Phi) is 4.85. The lowest BCUT2D eigenvalue weighted by molar-refractivity contribution is 0.100. The summed E-state index contributed by atoms with van der Waals surface area (Å²) in [5.74, 6) is -0.161. The van der Waals surface area contributed by atoms with Crippen molar-refractivity contribution in [2.75, 3.05) is 0 Å². The zero-order valence-corrected chi connectivity index (χ0v) is 17.5. The van der Waals surface area contributed by atoms with E-state index in [1.54, 1.807) is 0 Å². The van der Waals surface area contributed by atoms with Crippen LogP contribution < -0.4 is 11.3 Å². The van der Waals surface area contributed by atoms with Crippen molar-refractivity contribution in [1.82, 2.24) is 19.7 Å². The Labute approximate surface area is 182 Å². The summed E-state index contributed by atoms with van der Waals surface area (Å²) in [5, 5.41) is 17.3. The molecular formula is C20H15N5O4S2. The number of thiophene rings is 2. The first-order valence-electron chi connectivity index (χ1n) is 9.24. The predicted molar refractivity (Wildman–Crippen MR) is 116 cm³/mol. The average Bonchev–Trinajstić information content (AvgIpc) is 3.47. The van der Waals surface area contributed by atoms with Crippen LogP contribution in [-0.4, -0.2) is 30.7 Å². The van der Waals surface area contributed by atoms with Crippen molar-refractivity contribution in [2.24, 2.45) is 5.73 Å². The zero-order valence-electron chi connectivity index (χ0n) is 15.9. The summed E-state index contributed by atoms with van der Waals surface area (Å²) < 4.78 is 7.62. The van der Waals surface area contributed by atoms with Crippen molar-refractivity contribution in [1.29, 1.82) is 0 Å². The van der Waals surface area contributed by atoms with Crippen LogP contribution in [0.25, 0.3) is 20.3 Å². The SMILES string of the molecule is NC(=O)c1csc2ncn(Cc3nc(C[C@H](O)c4cc5ccccc5s4)no3)c(=O)c12. The third-order valence-corrected chi connectivity index (χ3v) is 6.89. The van der Waals surface area contributed by atoms with Gasteiger partial charge in [-0.25, -0.2) is 4.98 Å². The summed E-state index contributed by atoms with van der Waals surface area (Å²) in [5.41, 5.74) is 5.08. The fourth-order valence-electron chi connectivity index (χ4n) is 3.28. The minimum atomic E-state index is -0.771. The van der Waals surface area contributed by atoms with E-state index in [0.29, 0.717) is 10.7 Å². The molecule has 156 valence electrons. The topological polar surface area (TPSA) is 137 Å². The number of carbonyl (C=O) groups excluding carboxylic acids is 1. The quantitative estimate of drug-likeness (QED) is 0.403. The second-order valence-corrected chi connectivity index (χ2v) is 8.86. The first-order chi connectivity index (χ1) is 15.0. The number of fused-ring (bicyclic) bond motifs is 2. The molecule has 4 heterocycles. The van der Waals surface area contributed by atoms with Crippen LogP contribution in [0.1, 0.15) is 33.1 Å². The number of carbonyl (C=O) groups is 1. The summed E-state index contributed by atoms with van der Waals surface area (Å²) in [6.07, 6.45) is 0.772. The van der Waals surface area contributed by atoms with Gasteiger partial charge in [-0.1, -0.05) is 23.4 Å². The highest BCUT2D eigenvalue weighted by Gasteiger charge is 2.19. The Balaban J connectivity index is 1.36. The summed E-state index contributed by atoms with van der Waals surface area (Å²) >= 11 is 2.69. The van der Waals surface area contributed by atoms with Gasteiger partial charge in [0.15, 0.2) is 5.82 Å². The summed E-state index contributed by atoms with van der Waals surface area (Å²) in [6.45, 7) is -0.0121. The second-order valence-electron chi connectivity index (χ2n) is 6.88. The molecule has 0 radical (unpaired) electrons. The molecule has 0 aliphatic carbocycles. The van der Waals surface area contributed by atoms with Gasteiger partial charge < -0.3 is 15.4 Å². The number of nitrogens with zero attached hydrogens (tertiary/aromatic N) is 4. The molecule has 9 nitrogen and oxygen atoms in total. The third kappa shape index (κ3) is 3.63. The molecule has 0 aliphatic rings. The van der Waals surface area contributed by atoms with E-state index >= 15 is 0 Å². The standard InChI is InChI=1S/C20H15N5O4S2/c21-18(27)11-8-30-19-17(11)20(28)25(9-22-19)7-16-23-15(24-29-16)6-12(26)14-5-10-3-1-2-4-13(10)31-14/h1-5,8-9,12,26H,6-7H2,(H2,21,27)/t12-/m0/s1. The highest BCUT2D eigenvalue weighted by molar-refractivity contribution is 7.19. The van der Waals surface area contributed by atoms with Crippen molar-refractivity contribution < 1.29 is 14.4 Å². The highest BCUT2D eigenvalue weighted by atomic mass is 32.1. The van der Waals surface area contributed by atoms with Gasteiger partial charge in [0, 0.05) is 21.4 Å². The lowest BCUT2D eigenvalue weighted by Crippen LogP contribution is -2.23. The molecule has 0 bridgehead atoms. The first-order valence-corrected chi connectivity index (χ1v) is 10.9. The number of hydrogen-bond acceptors (Lipinski definition) is 9. The van der Waals surface area contributed by atoms with Gasteiger partial charge in [0.1, 0.15) is 11.4 Å². The van der Waals surface area contributed by atoms with E-state index in [4.69, 9.17) is 10.3 Å². The number of primary amides is 1. The summed E-state index contributed by atoms with van der Waals surface area (Å²) in [6, 6.07) is 9.85. The Bertz CT molecular complexity index is 1450. The minimum absolute atomic E-state index is 0.0121. The Morgan fingerprint density at radius 1 is 1.32 bits per heavy atom. The molecule has 1 atom stereocenters. The van der Waals surface area contributed by atoms with Gasteiger partial charge in [-0.3, -0.25) is 14.2 Å². The third-order valence-electron chi connectivity index (χ3n) is 4.79. The van der Waals surface area contributed by atoms with Crippen molar-refractivity contribution in [2.45, 2.75) is 19.1 Å². The Morgan fingerprint density at radius 3 is 2.97 bits per heavy atom. The fraction of sp³-hybridized carbons (Fsp3) is 0.150. The molecule has 1 aromatic carbocycles. The molecule has 5 rings (SSSR count). The van der Waals surface area contributed by atoms with E-state index in [9.17, 15) is 14.7 Å². The lowest BCUT2D eigenvalue weighted by atomic mass is 10.2. The molecule has 4 aromatic heterocycles. The number of benzene rings is 1. The number of aliphatic hydroxyl groups excluding tert-OH is 1. The van der Waals surface area contributed by atoms with Crippen molar-refractivity contribution in [3.05, 3.63) is 74.5 Å². The smallest absolute Gasteiger partial charge is 0.263 e. The molecule has 0 aliphatic heterocycles. The molecule has 5 aromatic rings.